The molecule has 1 heterocycles. The normalized spacial score (nSPS) is 12.4. The van der Waals surface area contributed by atoms with Crippen LogP contribution in [0, 0.1) is 5.92 Å². The Morgan fingerprint density at radius 2 is 2.50 bits per heavy atom. The maximum Gasteiger partial charge on any atom is 0.223 e. The molecule has 0 fully saturated rings. The van der Waals surface area contributed by atoms with E-state index in [1.807, 2.05) is 6.92 Å². The molecule has 1 amide bonds. The summed E-state index contributed by atoms with van der Waals surface area (Å²) in [4.78, 5) is 11.4. The molecule has 4 N–H and O–H groups in total. The minimum absolute atomic E-state index is 0.0414. The van der Waals surface area contributed by atoms with Crippen molar-refractivity contribution >= 4 is 5.91 Å². The second kappa shape index (κ2) is 5.28. The predicted molar refractivity (Wildman–Crippen MR) is 48.9 cm³/mol. The number of carbonyl (C=O) groups is 1. The topological polar surface area (TPSA) is 110 Å². The van der Waals surface area contributed by atoms with Crippen molar-refractivity contribution in [2.45, 2.75) is 19.9 Å². The van der Waals surface area contributed by atoms with Crippen molar-refractivity contribution in [1.82, 2.24) is 25.9 Å². The molecule has 7 nitrogen and oxygen atoms in total. The van der Waals surface area contributed by atoms with Gasteiger partial charge in [-0.1, -0.05) is 12.1 Å². The molecular formula is C7H14N6O. The third-order valence-electron chi connectivity index (χ3n) is 1.86. The molecule has 0 aliphatic carbocycles. The van der Waals surface area contributed by atoms with Crippen LogP contribution in [-0.4, -0.2) is 33.1 Å². The Labute approximate surface area is 81.4 Å². The summed E-state index contributed by atoms with van der Waals surface area (Å²) in [6.07, 6.45) is 0.679. The lowest BCUT2D eigenvalue weighted by atomic mass is 10.1. The fourth-order valence-electron chi connectivity index (χ4n) is 0.979. The van der Waals surface area contributed by atoms with E-state index in [1.165, 1.54) is 0 Å². The van der Waals surface area contributed by atoms with Crippen molar-refractivity contribution in [3.63, 3.8) is 0 Å². The Kier molecular flexibility index (Phi) is 3.99. The summed E-state index contributed by atoms with van der Waals surface area (Å²) < 4.78 is 0. The van der Waals surface area contributed by atoms with Crippen LogP contribution in [0.2, 0.25) is 0 Å². The highest BCUT2D eigenvalue weighted by molar-refractivity contribution is 5.78. The van der Waals surface area contributed by atoms with E-state index in [1.54, 1.807) is 0 Å². The van der Waals surface area contributed by atoms with E-state index in [2.05, 4.69) is 25.9 Å². The van der Waals surface area contributed by atoms with Gasteiger partial charge in [-0.3, -0.25) is 4.79 Å². The van der Waals surface area contributed by atoms with Gasteiger partial charge in [-0.2, -0.15) is 5.21 Å². The molecule has 0 saturated carbocycles. The highest BCUT2D eigenvalue weighted by Gasteiger charge is 2.11. The molecule has 14 heavy (non-hydrogen) atoms. The van der Waals surface area contributed by atoms with Gasteiger partial charge in [0.1, 0.15) is 0 Å². The highest BCUT2D eigenvalue weighted by atomic mass is 16.1. The van der Waals surface area contributed by atoms with Crippen molar-refractivity contribution in [2.75, 3.05) is 6.54 Å². The van der Waals surface area contributed by atoms with Gasteiger partial charge in [0.2, 0.25) is 5.91 Å². The number of hydrogen-bond donors (Lipinski definition) is 3. The summed E-state index contributed by atoms with van der Waals surface area (Å²) in [6.45, 7) is 2.64. The lowest BCUT2D eigenvalue weighted by Gasteiger charge is -2.08. The first-order valence-corrected chi connectivity index (χ1v) is 4.44. The van der Waals surface area contributed by atoms with Crippen molar-refractivity contribution in [3.05, 3.63) is 5.82 Å². The number of nitrogens with one attached hydrogen (secondary N) is 2. The Balaban J connectivity index is 2.27. The third kappa shape index (κ3) is 3.09. The monoisotopic (exact) mass is 198 g/mol. The number of aromatic nitrogens is 4. The van der Waals surface area contributed by atoms with E-state index in [4.69, 9.17) is 5.73 Å². The second-order valence-corrected chi connectivity index (χ2v) is 3.02. The van der Waals surface area contributed by atoms with Crippen LogP contribution in [0.25, 0.3) is 0 Å². The largest absolute Gasteiger partial charge is 0.348 e. The maximum atomic E-state index is 11.4. The van der Waals surface area contributed by atoms with Gasteiger partial charge in [-0.05, 0) is 13.0 Å². The van der Waals surface area contributed by atoms with E-state index in [-0.39, 0.29) is 11.8 Å². The second-order valence-electron chi connectivity index (χ2n) is 3.02. The van der Waals surface area contributed by atoms with Crippen LogP contribution >= 0.6 is 0 Å². The summed E-state index contributed by atoms with van der Waals surface area (Å²) in [6, 6.07) is 0. The lowest BCUT2D eigenvalue weighted by molar-refractivity contribution is -0.124. The summed E-state index contributed by atoms with van der Waals surface area (Å²) in [5.41, 5.74) is 5.34. The molecule has 0 bridgehead atoms. The Bertz CT molecular complexity index is 272. The van der Waals surface area contributed by atoms with Crippen LogP contribution in [0.3, 0.4) is 0 Å². The smallest absolute Gasteiger partial charge is 0.223 e. The Morgan fingerprint density at radius 3 is 3.07 bits per heavy atom. The van der Waals surface area contributed by atoms with Gasteiger partial charge < -0.3 is 11.1 Å². The summed E-state index contributed by atoms with van der Waals surface area (Å²) >= 11 is 0. The molecule has 0 spiro atoms. The van der Waals surface area contributed by atoms with Gasteiger partial charge in [-0.15, -0.1) is 10.2 Å². The molecule has 0 aromatic carbocycles. The fourth-order valence-corrected chi connectivity index (χ4v) is 0.979. The summed E-state index contributed by atoms with van der Waals surface area (Å²) in [5.74, 6) is 0.352. The number of tetrazole rings is 1. The van der Waals surface area contributed by atoms with Gasteiger partial charge in [0.05, 0.1) is 6.54 Å². The Hall–Kier alpha value is -1.50. The SMILES string of the molecule is CC(CCN)C(=O)NCc1nn[nH]n1. The van der Waals surface area contributed by atoms with E-state index < -0.39 is 0 Å². The quantitative estimate of drug-likeness (QED) is 0.550. The molecule has 0 radical (unpaired) electrons. The first-order valence-electron chi connectivity index (χ1n) is 4.44. The zero-order chi connectivity index (χ0) is 10.4. The average Bonchev–Trinajstić information content (AvgIpc) is 2.67. The number of nitrogens with two attached hydrogens (primary N) is 1. The average molecular weight is 198 g/mol. The zero-order valence-electron chi connectivity index (χ0n) is 8.03. The summed E-state index contributed by atoms with van der Waals surface area (Å²) in [7, 11) is 0. The van der Waals surface area contributed by atoms with Gasteiger partial charge in [-0.25, -0.2) is 0 Å². The number of H-pyrrole nitrogens is 1. The molecule has 0 saturated heterocycles. The van der Waals surface area contributed by atoms with Gasteiger partial charge in [0.25, 0.3) is 0 Å². The molecule has 0 aliphatic rings. The number of amides is 1. The van der Waals surface area contributed by atoms with Crippen molar-refractivity contribution in [1.29, 1.82) is 0 Å². The van der Waals surface area contributed by atoms with Crippen molar-refractivity contribution < 1.29 is 4.79 Å². The summed E-state index contributed by atoms with van der Waals surface area (Å²) in [5, 5.41) is 15.8. The maximum absolute atomic E-state index is 11.4. The van der Waals surface area contributed by atoms with Crippen LogP contribution in [0.4, 0.5) is 0 Å². The molecule has 7 heteroatoms. The minimum atomic E-state index is -0.0769. The highest BCUT2D eigenvalue weighted by Crippen LogP contribution is 1.99. The van der Waals surface area contributed by atoms with Crippen molar-refractivity contribution in [3.8, 4) is 0 Å². The van der Waals surface area contributed by atoms with Crippen LogP contribution < -0.4 is 11.1 Å². The zero-order valence-corrected chi connectivity index (χ0v) is 8.03. The molecule has 1 aromatic rings. The van der Waals surface area contributed by atoms with Gasteiger partial charge in [0.15, 0.2) is 5.82 Å². The van der Waals surface area contributed by atoms with Crippen LogP contribution in [0.5, 0.6) is 0 Å². The number of hydrogen-bond acceptors (Lipinski definition) is 5. The third-order valence-corrected chi connectivity index (χ3v) is 1.86. The van der Waals surface area contributed by atoms with E-state index in [0.29, 0.717) is 25.3 Å². The minimum Gasteiger partial charge on any atom is -0.348 e. The first kappa shape index (κ1) is 10.6. The molecular weight excluding hydrogens is 184 g/mol. The molecule has 1 atom stereocenters. The van der Waals surface area contributed by atoms with Crippen LogP contribution in [0.1, 0.15) is 19.2 Å². The Morgan fingerprint density at radius 1 is 1.71 bits per heavy atom. The molecule has 1 rings (SSSR count). The molecule has 78 valence electrons. The van der Waals surface area contributed by atoms with E-state index in [0.717, 1.165) is 0 Å². The number of carbonyl (C=O) groups excluding carboxylic acids is 1. The standard InChI is InChI=1S/C7H14N6O/c1-5(2-3-8)7(14)9-4-6-10-12-13-11-6/h5H,2-4,8H2,1H3,(H,9,14)(H,10,11,12,13). The fraction of sp³-hybridized carbons (Fsp3) is 0.714. The van der Waals surface area contributed by atoms with Gasteiger partial charge >= 0.3 is 0 Å². The van der Waals surface area contributed by atoms with Crippen molar-refractivity contribution in [2.24, 2.45) is 11.7 Å². The predicted octanol–water partition coefficient (Wildman–Crippen LogP) is -1.20. The van der Waals surface area contributed by atoms with E-state index >= 15 is 0 Å². The van der Waals surface area contributed by atoms with Gasteiger partial charge in [0, 0.05) is 5.92 Å². The lowest BCUT2D eigenvalue weighted by Crippen LogP contribution is -2.30. The number of rotatable bonds is 5. The first-order chi connectivity index (χ1) is 6.74. The van der Waals surface area contributed by atoms with Crippen LogP contribution in [0.15, 0.2) is 0 Å². The molecule has 1 aromatic heterocycles. The number of nitrogens with zero attached hydrogens (tertiary/aromatic N) is 3. The van der Waals surface area contributed by atoms with E-state index in [9.17, 15) is 4.79 Å². The van der Waals surface area contributed by atoms with Crippen LogP contribution in [-0.2, 0) is 11.3 Å². The molecule has 1 unspecified atom stereocenters. The number of aromatic amines is 1. The molecule has 0 aliphatic heterocycles.